The highest BCUT2D eigenvalue weighted by Gasteiger charge is 2.05. The SMILES string of the molecule is Sc1cccc2c1c(S)cc1ccccc12. The summed E-state index contributed by atoms with van der Waals surface area (Å²) in [6, 6.07) is 16.6. The Bertz CT molecular complexity index is 687. The molecular formula is C14H10S2. The molecule has 0 bridgehead atoms. The smallest absolute Gasteiger partial charge is 0.0136 e. The highest BCUT2D eigenvalue weighted by molar-refractivity contribution is 7.81. The standard InChI is InChI=1S/C14H10S2/c15-12-7-3-6-11-10-5-2-1-4-9(10)8-13(16)14(11)12/h1-8,15-16H. The van der Waals surface area contributed by atoms with Crippen LogP contribution in [-0.4, -0.2) is 0 Å². The van der Waals surface area contributed by atoms with Gasteiger partial charge in [0.2, 0.25) is 0 Å². The molecular weight excluding hydrogens is 232 g/mol. The van der Waals surface area contributed by atoms with Crippen LogP contribution in [0.2, 0.25) is 0 Å². The normalized spacial score (nSPS) is 11.1. The van der Waals surface area contributed by atoms with E-state index in [-0.39, 0.29) is 0 Å². The molecule has 0 spiro atoms. The van der Waals surface area contributed by atoms with Crippen LogP contribution < -0.4 is 0 Å². The lowest BCUT2D eigenvalue weighted by atomic mass is 10.0. The molecule has 0 saturated carbocycles. The van der Waals surface area contributed by atoms with E-state index in [4.69, 9.17) is 0 Å². The zero-order valence-electron chi connectivity index (χ0n) is 8.51. The van der Waals surface area contributed by atoms with Crippen LogP contribution in [0.5, 0.6) is 0 Å². The molecule has 0 amide bonds. The van der Waals surface area contributed by atoms with Crippen LogP contribution >= 0.6 is 25.3 Å². The van der Waals surface area contributed by atoms with E-state index in [1.54, 1.807) is 0 Å². The van der Waals surface area contributed by atoms with E-state index in [2.05, 4.69) is 55.6 Å². The second-order valence-electron chi connectivity index (χ2n) is 3.82. The highest BCUT2D eigenvalue weighted by Crippen LogP contribution is 2.34. The summed E-state index contributed by atoms with van der Waals surface area (Å²) in [6.07, 6.45) is 0. The van der Waals surface area contributed by atoms with E-state index in [1.165, 1.54) is 16.2 Å². The zero-order valence-corrected chi connectivity index (χ0v) is 10.3. The summed E-state index contributed by atoms with van der Waals surface area (Å²) in [5, 5.41) is 4.83. The first-order chi connectivity index (χ1) is 7.77. The van der Waals surface area contributed by atoms with Crippen LogP contribution in [-0.2, 0) is 0 Å². The lowest BCUT2D eigenvalue weighted by molar-refractivity contribution is 1.48. The largest absolute Gasteiger partial charge is 0.143 e. The van der Waals surface area contributed by atoms with Crippen LogP contribution in [0.15, 0.2) is 58.3 Å². The highest BCUT2D eigenvalue weighted by atomic mass is 32.1. The maximum atomic E-state index is 4.55. The van der Waals surface area contributed by atoms with E-state index in [0.717, 1.165) is 15.2 Å². The van der Waals surface area contributed by atoms with Gasteiger partial charge in [0.25, 0.3) is 0 Å². The van der Waals surface area contributed by atoms with Crippen LogP contribution in [0.1, 0.15) is 0 Å². The number of thiol groups is 2. The van der Waals surface area contributed by atoms with Gasteiger partial charge in [0.05, 0.1) is 0 Å². The molecule has 0 aliphatic heterocycles. The molecule has 16 heavy (non-hydrogen) atoms. The molecule has 0 unspecified atom stereocenters. The number of hydrogen-bond donors (Lipinski definition) is 2. The second kappa shape index (κ2) is 3.72. The van der Waals surface area contributed by atoms with E-state index in [0.29, 0.717) is 0 Å². The van der Waals surface area contributed by atoms with Gasteiger partial charge in [-0.25, -0.2) is 0 Å². The van der Waals surface area contributed by atoms with Gasteiger partial charge in [-0.2, -0.15) is 0 Å². The molecule has 0 N–H and O–H groups in total. The third-order valence-electron chi connectivity index (χ3n) is 2.84. The van der Waals surface area contributed by atoms with Gasteiger partial charge in [0.15, 0.2) is 0 Å². The Kier molecular flexibility index (Phi) is 2.34. The monoisotopic (exact) mass is 242 g/mol. The molecule has 0 aromatic heterocycles. The molecule has 0 fully saturated rings. The summed E-state index contributed by atoms with van der Waals surface area (Å²) in [7, 11) is 0. The predicted molar refractivity (Wildman–Crippen MR) is 76.0 cm³/mol. The molecule has 78 valence electrons. The molecule has 0 nitrogen and oxygen atoms in total. The van der Waals surface area contributed by atoms with Crippen molar-refractivity contribution in [2.75, 3.05) is 0 Å². The van der Waals surface area contributed by atoms with Crippen molar-refractivity contribution in [1.82, 2.24) is 0 Å². The van der Waals surface area contributed by atoms with Crippen LogP contribution in [0.25, 0.3) is 21.5 Å². The van der Waals surface area contributed by atoms with Gasteiger partial charge in [-0.15, -0.1) is 25.3 Å². The summed E-state index contributed by atoms with van der Waals surface area (Å²) in [5.74, 6) is 0. The van der Waals surface area contributed by atoms with Gasteiger partial charge in [0.1, 0.15) is 0 Å². The first kappa shape index (κ1) is 10.1. The predicted octanol–water partition coefficient (Wildman–Crippen LogP) is 4.57. The molecule has 2 heteroatoms. The quantitative estimate of drug-likeness (QED) is 0.419. The summed E-state index contributed by atoms with van der Waals surface area (Å²) in [5.41, 5.74) is 0. The lowest BCUT2D eigenvalue weighted by Crippen LogP contribution is -1.81. The Morgan fingerprint density at radius 2 is 1.44 bits per heavy atom. The third-order valence-corrected chi connectivity index (χ3v) is 3.57. The summed E-state index contributed by atoms with van der Waals surface area (Å²) >= 11 is 9.04. The minimum absolute atomic E-state index is 0.980. The Morgan fingerprint density at radius 3 is 2.31 bits per heavy atom. The minimum Gasteiger partial charge on any atom is -0.143 e. The Hall–Kier alpha value is -1.12. The van der Waals surface area contributed by atoms with Crippen molar-refractivity contribution >= 4 is 46.8 Å². The fourth-order valence-electron chi connectivity index (χ4n) is 2.12. The molecule has 0 radical (unpaired) electrons. The van der Waals surface area contributed by atoms with E-state index >= 15 is 0 Å². The van der Waals surface area contributed by atoms with Crippen molar-refractivity contribution in [2.45, 2.75) is 9.79 Å². The average Bonchev–Trinajstić information content (AvgIpc) is 2.29. The zero-order chi connectivity index (χ0) is 11.1. The number of hydrogen-bond acceptors (Lipinski definition) is 2. The van der Waals surface area contributed by atoms with Crippen LogP contribution in [0.3, 0.4) is 0 Å². The van der Waals surface area contributed by atoms with Crippen molar-refractivity contribution in [3.05, 3.63) is 48.5 Å². The maximum absolute atomic E-state index is 4.55. The summed E-state index contributed by atoms with van der Waals surface area (Å²) < 4.78 is 0. The van der Waals surface area contributed by atoms with Gasteiger partial charge in [-0.05, 0) is 28.3 Å². The first-order valence-corrected chi connectivity index (χ1v) is 5.99. The van der Waals surface area contributed by atoms with Gasteiger partial charge < -0.3 is 0 Å². The molecule has 0 aliphatic carbocycles. The van der Waals surface area contributed by atoms with Gasteiger partial charge in [-0.1, -0.05) is 36.4 Å². The molecule has 3 aromatic rings. The Balaban J connectivity index is 2.65. The van der Waals surface area contributed by atoms with Gasteiger partial charge in [0, 0.05) is 15.2 Å². The van der Waals surface area contributed by atoms with Crippen LogP contribution in [0.4, 0.5) is 0 Å². The second-order valence-corrected chi connectivity index (χ2v) is 4.78. The van der Waals surface area contributed by atoms with Crippen molar-refractivity contribution in [3.63, 3.8) is 0 Å². The average molecular weight is 242 g/mol. The van der Waals surface area contributed by atoms with Crippen molar-refractivity contribution in [1.29, 1.82) is 0 Å². The van der Waals surface area contributed by atoms with E-state index < -0.39 is 0 Å². The van der Waals surface area contributed by atoms with Crippen LogP contribution in [0, 0.1) is 0 Å². The van der Waals surface area contributed by atoms with Crippen molar-refractivity contribution < 1.29 is 0 Å². The lowest BCUT2D eigenvalue weighted by Gasteiger charge is -2.08. The maximum Gasteiger partial charge on any atom is 0.0136 e. The fraction of sp³-hybridized carbons (Fsp3) is 0. The van der Waals surface area contributed by atoms with Crippen molar-refractivity contribution in [2.24, 2.45) is 0 Å². The van der Waals surface area contributed by atoms with E-state index in [1.807, 2.05) is 18.2 Å². The Morgan fingerprint density at radius 1 is 0.688 bits per heavy atom. The van der Waals surface area contributed by atoms with Gasteiger partial charge >= 0.3 is 0 Å². The topological polar surface area (TPSA) is 0 Å². The summed E-state index contributed by atoms with van der Waals surface area (Å²) in [6.45, 7) is 0. The fourth-order valence-corrected chi connectivity index (χ4v) is 2.92. The summed E-state index contributed by atoms with van der Waals surface area (Å²) in [4.78, 5) is 1.97. The molecule has 0 aliphatic rings. The molecule has 3 rings (SSSR count). The third kappa shape index (κ3) is 1.41. The first-order valence-electron chi connectivity index (χ1n) is 5.10. The van der Waals surface area contributed by atoms with E-state index in [9.17, 15) is 0 Å². The molecule has 0 heterocycles. The number of rotatable bonds is 0. The van der Waals surface area contributed by atoms with Gasteiger partial charge in [-0.3, -0.25) is 0 Å². The number of fused-ring (bicyclic) bond motifs is 3. The Labute approximate surface area is 105 Å². The van der Waals surface area contributed by atoms with Crippen molar-refractivity contribution in [3.8, 4) is 0 Å². The number of benzene rings is 3. The molecule has 0 atom stereocenters. The molecule has 0 saturated heterocycles. The minimum atomic E-state index is 0.980. The molecule has 3 aromatic carbocycles.